The van der Waals surface area contributed by atoms with Gasteiger partial charge in [0.25, 0.3) is 5.69 Å². The number of Topliss-reactive ketones (excluding diaryl/α,β-unsaturated/α-hetero) is 1. The number of rotatable bonds is 4. The second-order valence-corrected chi connectivity index (χ2v) is 3.74. The summed E-state index contributed by atoms with van der Waals surface area (Å²) in [5.74, 6) is -0.418. The molecule has 0 bridgehead atoms. The van der Waals surface area contributed by atoms with Crippen LogP contribution in [0.2, 0.25) is 0 Å². The fourth-order valence-corrected chi connectivity index (χ4v) is 1.69. The predicted octanol–water partition coefficient (Wildman–Crippen LogP) is 2.29. The molecular formula is C10H8BrNO4. The van der Waals surface area contributed by atoms with Crippen molar-refractivity contribution in [2.24, 2.45) is 0 Å². The van der Waals surface area contributed by atoms with Gasteiger partial charge in [-0.2, -0.15) is 0 Å². The predicted molar refractivity (Wildman–Crippen MR) is 61.3 cm³/mol. The first-order valence-electron chi connectivity index (χ1n) is 4.34. The molecule has 0 unspecified atom stereocenters. The fourth-order valence-electron chi connectivity index (χ4n) is 1.38. The Hall–Kier alpha value is -1.56. The number of nitrogens with zero attached hydrogens (tertiary/aromatic N) is 1. The third-order valence-corrected chi connectivity index (χ3v) is 2.52. The monoisotopic (exact) mass is 285 g/mol. The maximum Gasteiger partial charge on any atom is 0.290 e. The summed E-state index contributed by atoms with van der Waals surface area (Å²) >= 11 is 2.95. The number of alkyl halides is 1. The minimum absolute atomic E-state index is 0.0183. The van der Waals surface area contributed by atoms with E-state index in [9.17, 15) is 19.7 Å². The van der Waals surface area contributed by atoms with E-state index in [2.05, 4.69) is 15.9 Å². The van der Waals surface area contributed by atoms with Gasteiger partial charge in [0.05, 0.1) is 21.4 Å². The highest BCUT2D eigenvalue weighted by atomic mass is 79.9. The van der Waals surface area contributed by atoms with Crippen LogP contribution in [-0.2, 0) is 0 Å². The Bertz CT molecular complexity index is 470. The van der Waals surface area contributed by atoms with Crippen molar-refractivity contribution in [3.8, 4) is 0 Å². The van der Waals surface area contributed by atoms with Crippen molar-refractivity contribution in [3.63, 3.8) is 0 Å². The number of halogens is 1. The first kappa shape index (κ1) is 12.5. The summed E-state index contributed by atoms with van der Waals surface area (Å²) in [5.41, 5.74) is 0.0975. The zero-order valence-corrected chi connectivity index (χ0v) is 9.98. The van der Waals surface area contributed by atoms with Crippen molar-refractivity contribution >= 4 is 33.7 Å². The summed E-state index contributed by atoms with van der Waals surface area (Å²) in [5, 5.41) is 10.8. The van der Waals surface area contributed by atoms with Crippen LogP contribution in [0.25, 0.3) is 0 Å². The highest BCUT2D eigenvalue weighted by Crippen LogP contribution is 2.25. The highest BCUT2D eigenvalue weighted by molar-refractivity contribution is 9.09. The van der Waals surface area contributed by atoms with Crippen LogP contribution in [0.4, 0.5) is 5.69 Å². The summed E-state index contributed by atoms with van der Waals surface area (Å²) < 4.78 is 0. The molecule has 0 spiro atoms. The van der Waals surface area contributed by atoms with Crippen molar-refractivity contribution in [2.75, 3.05) is 5.33 Å². The zero-order valence-electron chi connectivity index (χ0n) is 8.40. The number of hydrogen-bond acceptors (Lipinski definition) is 4. The van der Waals surface area contributed by atoms with E-state index in [0.717, 1.165) is 0 Å². The number of aldehydes is 1. The Kier molecular flexibility index (Phi) is 3.89. The van der Waals surface area contributed by atoms with Gasteiger partial charge in [-0.3, -0.25) is 19.7 Å². The first-order chi connectivity index (χ1) is 7.51. The zero-order chi connectivity index (χ0) is 12.3. The fraction of sp³-hybridized carbons (Fsp3) is 0.200. The van der Waals surface area contributed by atoms with Gasteiger partial charge in [0, 0.05) is 0 Å². The second kappa shape index (κ2) is 4.98. The van der Waals surface area contributed by atoms with Gasteiger partial charge in [-0.25, -0.2) is 0 Å². The molecule has 1 rings (SSSR count). The molecule has 0 aliphatic heterocycles. The van der Waals surface area contributed by atoms with Gasteiger partial charge in [-0.1, -0.05) is 15.9 Å². The molecule has 0 saturated heterocycles. The summed E-state index contributed by atoms with van der Waals surface area (Å²) in [6.45, 7) is 1.67. The normalized spacial score (nSPS) is 9.88. The standard InChI is InChI=1S/C10H8BrNO4/c1-6-2-7(5-13)10(12(15)16)8(3-6)9(14)4-11/h2-3,5H,4H2,1H3. The van der Waals surface area contributed by atoms with Crippen LogP contribution >= 0.6 is 15.9 Å². The van der Waals surface area contributed by atoms with Crippen molar-refractivity contribution in [1.29, 1.82) is 0 Å². The number of nitro groups is 1. The molecule has 0 amide bonds. The van der Waals surface area contributed by atoms with Crippen molar-refractivity contribution in [1.82, 2.24) is 0 Å². The number of carbonyl (C=O) groups excluding carboxylic acids is 2. The van der Waals surface area contributed by atoms with Crippen LogP contribution in [0.1, 0.15) is 26.3 Å². The van der Waals surface area contributed by atoms with Gasteiger partial charge in [-0.05, 0) is 24.6 Å². The SMILES string of the molecule is Cc1cc(C=O)c([N+](=O)[O-])c(C(=O)CBr)c1. The summed E-state index contributed by atoms with van der Waals surface area (Å²) in [4.78, 5) is 32.3. The van der Waals surface area contributed by atoms with Gasteiger partial charge < -0.3 is 0 Å². The molecule has 0 heterocycles. The van der Waals surface area contributed by atoms with E-state index < -0.39 is 16.4 Å². The van der Waals surface area contributed by atoms with Crippen LogP contribution in [0, 0.1) is 17.0 Å². The molecule has 16 heavy (non-hydrogen) atoms. The lowest BCUT2D eigenvalue weighted by Crippen LogP contribution is -2.08. The van der Waals surface area contributed by atoms with Gasteiger partial charge in [0.15, 0.2) is 12.1 Å². The van der Waals surface area contributed by atoms with Crippen LogP contribution in [0.5, 0.6) is 0 Å². The van der Waals surface area contributed by atoms with Gasteiger partial charge in [0.2, 0.25) is 0 Å². The molecule has 1 aromatic rings. The third kappa shape index (κ3) is 2.33. The lowest BCUT2D eigenvalue weighted by atomic mass is 10.0. The number of nitro benzene ring substituents is 1. The third-order valence-electron chi connectivity index (χ3n) is 2.02. The molecule has 0 saturated carbocycles. The van der Waals surface area contributed by atoms with Gasteiger partial charge in [0.1, 0.15) is 0 Å². The maximum atomic E-state index is 11.5. The molecule has 0 aliphatic carbocycles. The Morgan fingerprint density at radius 2 is 2.19 bits per heavy atom. The van der Waals surface area contributed by atoms with E-state index in [1.165, 1.54) is 12.1 Å². The van der Waals surface area contributed by atoms with E-state index in [4.69, 9.17) is 0 Å². The minimum atomic E-state index is -0.709. The van der Waals surface area contributed by atoms with E-state index >= 15 is 0 Å². The Morgan fingerprint density at radius 3 is 2.62 bits per heavy atom. The van der Waals surface area contributed by atoms with E-state index in [-0.39, 0.29) is 16.5 Å². The minimum Gasteiger partial charge on any atom is -0.298 e. The quantitative estimate of drug-likeness (QED) is 0.280. The molecule has 0 radical (unpaired) electrons. The molecule has 1 aromatic carbocycles. The number of ketones is 1. The molecule has 0 aliphatic rings. The summed E-state index contributed by atoms with van der Waals surface area (Å²) in [6.07, 6.45) is 0.385. The maximum absolute atomic E-state index is 11.5. The average molecular weight is 286 g/mol. The van der Waals surface area contributed by atoms with Crippen molar-refractivity contribution in [2.45, 2.75) is 6.92 Å². The first-order valence-corrected chi connectivity index (χ1v) is 5.46. The van der Waals surface area contributed by atoms with Crippen LogP contribution in [0.15, 0.2) is 12.1 Å². The van der Waals surface area contributed by atoms with Crippen LogP contribution in [0.3, 0.4) is 0 Å². The summed E-state index contributed by atoms with van der Waals surface area (Å²) in [7, 11) is 0. The highest BCUT2D eigenvalue weighted by Gasteiger charge is 2.24. The smallest absolute Gasteiger partial charge is 0.290 e. The van der Waals surface area contributed by atoms with Crippen molar-refractivity contribution in [3.05, 3.63) is 38.9 Å². The molecular weight excluding hydrogens is 278 g/mol. The molecule has 0 fully saturated rings. The van der Waals surface area contributed by atoms with Crippen molar-refractivity contribution < 1.29 is 14.5 Å². The van der Waals surface area contributed by atoms with Crippen LogP contribution in [-0.4, -0.2) is 22.3 Å². The lowest BCUT2D eigenvalue weighted by Gasteiger charge is -2.04. The molecule has 84 valence electrons. The average Bonchev–Trinajstić information content (AvgIpc) is 2.26. The Balaban J connectivity index is 3.56. The number of aryl methyl sites for hydroxylation is 1. The molecule has 0 aromatic heterocycles. The second-order valence-electron chi connectivity index (χ2n) is 3.18. The largest absolute Gasteiger partial charge is 0.298 e. The van der Waals surface area contributed by atoms with Gasteiger partial charge in [-0.15, -0.1) is 0 Å². The lowest BCUT2D eigenvalue weighted by molar-refractivity contribution is -0.385. The van der Waals surface area contributed by atoms with E-state index in [1.807, 2.05) is 0 Å². The summed E-state index contributed by atoms with van der Waals surface area (Å²) in [6, 6.07) is 2.80. The molecule has 5 nitrogen and oxygen atoms in total. The number of benzene rings is 1. The molecule has 0 atom stereocenters. The molecule has 6 heteroatoms. The molecule has 0 N–H and O–H groups in total. The van der Waals surface area contributed by atoms with Gasteiger partial charge >= 0.3 is 0 Å². The Labute approximate surface area is 99.7 Å². The number of carbonyl (C=O) groups is 2. The topological polar surface area (TPSA) is 77.3 Å². The Morgan fingerprint density at radius 1 is 1.56 bits per heavy atom. The number of hydrogen-bond donors (Lipinski definition) is 0. The van der Waals surface area contributed by atoms with Crippen LogP contribution < -0.4 is 0 Å². The van der Waals surface area contributed by atoms with E-state index in [1.54, 1.807) is 6.92 Å². The van der Waals surface area contributed by atoms with E-state index in [0.29, 0.717) is 11.8 Å².